The number of aryl methyl sites for hydroxylation is 1. The molecule has 0 fully saturated rings. The highest BCUT2D eigenvalue weighted by Gasteiger charge is 2.19. The molecule has 0 radical (unpaired) electrons. The van der Waals surface area contributed by atoms with Crippen LogP contribution in [0.5, 0.6) is 0 Å². The van der Waals surface area contributed by atoms with Crippen LogP contribution in [0.4, 0.5) is 0 Å². The third-order valence-corrected chi connectivity index (χ3v) is 5.14. The second-order valence-electron chi connectivity index (χ2n) is 7.44. The fourth-order valence-electron chi connectivity index (χ4n) is 3.41. The predicted octanol–water partition coefficient (Wildman–Crippen LogP) is 6.25. The van der Waals surface area contributed by atoms with Crippen LogP contribution in [0.25, 0.3) is 22.2 Å². The second kappa shape index (κ2) is 9.50. The Labute approximate surface area is 168 Å². The van der Waals surface area contributed by atoms with Gasteiger partial charge in [0.1, 0.15) is 0 Å². The molecule has 0 bridgehead atoms. The number of fused-ring (bicyclic) bond motifs is 1. The molecule has 0 aliphatic carbocycles. The van der Waals surface area contributed by atoms with Crippen molar-refractivity contribution in [3.63, 3.8) is 0 Å². The zero-order valence-corrected chi connectivity index (χ0v) is 17.2. The van der Waals surface area contributed by atoms with Gasteiger partial charge in [-0.2, -0.15) is 0 Å². The molecule has 0 N–H and O–H groups in total. The van der Waals surface area contributed by atoms with Crippen molar-refractivity contribution in [2.75, 3.05) is 13.1 Å². The summed E-state index contributed by atoms with van der Waals surface area (Å²) in [6.07, 6.45) is 4.23. The van der Waals surface area contributed by atoms with Gasteiger partial charge in [-0.25, -0.2) is 4.98 Å². The third kappa shape index (κ3) is 4.59. The number of carbonyl (C=O) groups is 1. The van der Waals surface area contributed by atoms with E-state index in [-0.39, 0.29) is 5.91 Å². The fraction of sp³-hybridized carbons (Fsp3) is 0.360. The smallest absolute Gasteiger partial charge is 0.254 e. The van der Waals surface area contributed by atoms with E-state index in [1.807, 2.05) is 35.2 Å². The first kappa shape index (κ1) is 20.1. The molecule has 0 atom stereocenters. The SMILES string of the molecule is CCCCN(CCCC)C(=O)c1cc(-c2ccc(C)cc2)nc2ccccc12. The molecule has 1 aromatic heterocycles. The number of amides is 1. The van der Waals surface area contributed by atoms with Gasteiger partial charge in [-0.3, -0.25) is 4.79 Å². The van der Waals surface area contributed by atoms with Crippen molar-refractivity contribution < 1.29 is 4.79 Å². The number of benzene rings is 2. The topological polar surface area (TPSA) is 33.2 Å². The number of pyridine rings is 1. The fourth-order valence-corrected chi connectivity index (χ4v) is 3.41. The van der Waals surface area contributed by atoms with Gasteiger partial charge in [-0.15, -0.1) is 0 Å². The van der Waals surface area contributed by atoms with E-state index in [1.165, 1.54) is 5.56 Å². The maximum atomic E-state index is 13.5. The molecule has 0 saturated carbocycles. The van der Waals surface area contributed by atoms with E-state index in [0.29, 0.717) is 0 Å². The summed E-state index contributed by atoms with van der Waals surface area (Å²) >= 11 is 0. The molecule has 0 unspecified atom stereocenters. The number of nitrogens with zero attached hydrogens (tertiary/aromatic N) is 2. The van der Waals surface area contributed by atoms with E-state index in [0.717, 1.165) is 66.5 Å². The van der Waals surface area contributed by atoms with E-state index >= 15 is 0 Å². The summed E-state index contributed by atoms with van der Waals surface area (Å²) in [5.74, 6) is 0.119. The highest BCUT2D eigenvalue weighted by Crippen LogP contribution is 2.26. The van der Waals surface area contributed by atoms with Crippen LogP contribution < -0.4 is 0 Å². The Bertz CT molecular complexity index is 923. The van der Waals surface area contributed by atoms with Crippen molar-refractivity contribution >= 4 is 16.8 Å². The van der Waals surface area contributed by atoms with Crippen LogP contribution in [-0.2, 0) is 0 Å². The summed E-state index contributed by atoms with van der Waals surface area (Å²) in [7, 11) is 0. The lowest BCUT2D eigenvalue weighted by molar-refractivity contribution is 0.0753. The van der Waals surface area contributed by atoms with Crippen molar-refractivity contribution in [1.82, 2.24) is 9.88 Å². The molecular formula is C25H30N2O. The summed E-state index contributed by atoms with van der Waals surface area (Å²) < 4.78 is 0. The lowest BCUT2D eigenvalue weighted by atomic mass is 10.0. The lowest BCUT2D eigenvalue weighted by Gasteiger charge is -2.23. The molecular weight excluding hydrogens is 344 g/mol. The molecule has 1 amide bonds. The molecule has 0 spiro atoms. The zero-order chi connectivity index (χ0) is 19.9. The van der Waals surface area contributed by atoms with Gasteiger partial charge in [-0.1, -0.05) is 74.7 Å². The number of carbonyl (C=O) groups excluding carboxylic acids is 1. The molecule has 3 heteroatoms. The monoisotopic (exact) mass is 374 g/mol. The van der Waals surface area contributed by atoms with Crippen molar-refractivity contribution in [2.24, 2.45) is 0 Å². The van der Waals surface area contributed by atoms with E-state index in [1.54, 1.807) is 0 Å². The molecule has 146 valence electrons. The van der Waals surface area contributed by atoms with Crippen molar-refractivity contribution in [1.29, 1.82) is 0 Å². The molecule has 2 aromatic carbocycles. The minimum Gasteiger partial charge on any atom is -0.339 e. The van der Waals surface area contributed by atoms with Crippen LogP contribution in [0.3, 0.4) is 0 Å². The Morgan fingerprint density at radius 3 is 2.21 bits per heavy atom. The predicted molar refractivity (Wildman–Crippen MR) is 118 cm³/mol. The maximum Gasteiger partial charge on any atom is 0.254 e. The van der Waals surface area contributed by atoms with Gasteiger partial charge in [-0.05, 0) is 31.9 Å². The largest absolute Gasteiger partial charge is 0.339 e. The van der Waals surface area contributed by atoms with Crippen LogP contribution in [0.15, 0.2) is 54.6 Å². The highest BCUT2D eigenvalue weighted by atomic mass is 16.2. The van der Waals surface area contributed by atoms with Crippen molar-refractivity contribution in [2.45, 2.75) is 46.5 Å². The summed E-state index contributed by atoms with van der Waals surface area (Å²) in [6, 6.07) is 18.3. The summed E-state index contributed by atoms with van der Waals surface area (Å²) in [5, 5.41) is 0.932. The van der Waals surface area contributed by atoms with Crippen LogP contribution in [0, 0.1) is 6.92 Å². The molecule has 1 heterocycles. The summed E-state index contributed by atoms with van der Waals surface area (Å²) in [5.41, 5.74) is 4.74. The van der Waals surface area contributed by atoms with Gasteiger partial charge in [0.05, 0.1) is 16.8 Å². The average Bonchev–Trinajstić information content (AvgIpc) is 2.73. The Morgan fingerprint density at radius 1 is 0.929 bits per heavy atom. The first-order chi connectivity index (χ1) is 13.6. The quantitative estimate of drug-likeness (QED) is 0.467. The zero-order valence-electron chi connectivity index (χ0n) is 17.2. The van der Waals surface area contributed by atoms with Crippen LogP contribution in [0.1, 0.15) is 55.5 Å². The van der Waals surface area contributed by atoms with E-state index in [4.69, 9.17) is 4.98 Å². The Kier molecular flexibility index (Phi) is 6.80. The van der Waals surface area contributed by atoms with Crippen LogP contribution in [0.2, 0.25) is 0 Å². The molecule has 0 aliphatic rings. The lowest BCUT2D eigenvalue weighted by Crippen LogP contribution is -2.33. The first-order valence-corrected chi connectivity index (χ1v) is 10.4. The van der Waals surface area contributed by atoms with Gasteiger partial charge in [0.15, 0.2) is 0 Å². The summed E-state index contributed by atoms with van der Waals surface area (Å²) in [4.78, 5) is 20.4. The van der Waals surface area contributed by atoms with Crippen molar-refractivity contribution in [3.8, 4) is 11.3 Å². The normalized spacial score (nSPS) is 11.0. The Balaban J connectivity index is 2.06. The van der Waals surface area contributed by atoms with Gasteiger partial charge in [0.2, 0.25) is 0 Å². The number of hydrogen-bond donors (Lipinski definition) is 0. The van der Waals surface area contributed by atoms with Gasteiger partial charge < -0.3 is 4.90 Å². The maximum absolute atomic E-state index is 13.5. The van der Waals surface area contributed by atoms with Crippen LogP contribution >= 0.6 is 0 Å². The Hall–Kier alpha value is -2.68. The molecule has 3 rings (SSSR count). The molecule has 0 saturated heterocycles. The minimum absolute atomic E-state index is 0.119. The highest BCUT2D eigenvalue weighted by molar-refractivity contribution is 6.07. The number of para-hydroxylation sites is 1. The van der Waals surface area contributed by atoms with Crippen LogP contribution in [-0.4, -0.2) is 28.9 Å². The average molecular weight is 375 g/mol. The van der Waals surface area contributed by atoms with Gasteiger partial charge in [0.25, 0.3) is 5.91 Å². The number of hydrogen-bond acceptors (Lipinski definition) is 2. The number of rotatable bonds is 8. The number of aromatic nitrogens is 1. The Morgan fingerprint density at radius 2 is 1.57 bits per heavy atom. The van der Waals surface area contributed by atoms with Crippen molar-refractivity contribution in [3.05, 3.63) is 65.7 Å². The standard InChI is InChI=1S/C25H30N2O/c1-4-6-16-27(17-7-5-2)25(28)22-18-24(20-14-12-19(3)13-15-20)26-23-11-9-8-10-21(22)23/h8-15,18H,4-7,16-17H2,1-3H3. The molecule has 3 aromatic rings. The number of unbranched alkanes of at least 4 members (excludes halogenated alkanes) is 2. The third-order valence-electron chi connectivity index (χ3n) is 5.14. The van der Waals surface area contributed by atoms with Gasteiger partial charge >= 0.3 is 0 Å². The summed E-state index contributed by atoms with van der Waals surface area (Å²) in [6.45, 7) is 8.03. The molecule has 28 heavy (non-hydrogen) atoms. The van der Waals surface area contributed by atoms with E-state index in [9.17, 15) is 4.79 Å². The first-order valence-electron chi connectivity index (χ1n) is 10.4. The van der Waals surface area contributed by atoms with Gasteiger partial charge in [0, 0.05) is 24.0 Å². The van der Waals surface area contributed by atoms with E-state index < -0.39 is 0 Å². The molecule has 3 nitrogen and oxygen atoms in total. The van der Waals surface area contributed by atoms with E-state index in [2.05, 4.69) is 45.0 Å². The minimum atomic E-state index is 0.119. The second-order valence-corrected chi connectivity index (χ2v) is 7.44. The molecule has 0 aliphatic heterocycles.